The molecule has 0 saturated carbocycles. The maximum Gasteiger partial charge on any atom is 0.251 e. The van der Waals surface area contributed by atoms with Gasteiger partial charge in [-0.25, -0.2) is 0 Å². The standard InChI is InChI=1S/C20H21Cl2N3O3/c21-14-5-8-18(17(22)10-14)25-19(26)12-23-15-6-3-13(4-7-15)20(27)24-11-16-2-1-9-28-16/h3-8,10,16,23H,1-2,9,11-12H2,(H,24,27)(H,25,26). The maximum absolute atomic E-state index is 12.2. The van der Waals surface area contributed by atoms with Crippen molar-refractivity contribution in [1.29, 1.82) is 0 Å². The van der Waals surface area contributed by atoms with Crippen molar-refractivity contribution in [2.75, 3.05) is 30.3 Å². The fourth-order valence-corrected chi connectivity index (χ4v) is 3.28. The fraction of sp³-hybridized carbons (Fsp3) is 0.300. The molecule has 6 nitrogen and oxygen atoms in total. The number of amides is 2. The Morgan fingerprint density at radius 2 is 1.89 bits per heavy atom. The molecule has 1 aliphatic heterocycles. The summed E-state index contributed by atoms with van der Waals surface area (Å²) in [6.07, 6.45) is 2.13. The van der Waals surface area contributed by atoms with E-state index < -0.39 is 0 Å². The molecule has 3 N–H and O–H groups in total. The maximum atomic E-state index is 12.2. The summed E-state index contributed by atoms with van der Waals surface area (Å²) in [5.74, 6) is -0.389. The number of halogens is 2. The lowest BCUT2D eigenvalue weighted by molar-refractivity contribution is -0.114. The zero-order valence-electron chi connectivity index (χ0n) is 15.1. The van der Waals surface area contributed by atoms with Gasteiger partial charge < -0.3 is 20.7 Å². The first-order chi connectivity index (χ1) is 13.5. The number of carbonyl (C=O) groups is 2. The third-order valence-corrected chi connectivity index (χ3v) is 4.87. The van der Waals surface area contributed by atoms with Gasteiger partial charge in [0.05, 0.1) is 23.4 Å². The van der Waals surface area contributed by atoms with Crippen LogP contribution in [0.4, 0.5) is 11.4 Å². The molecule has 28 heavy (non-hydrogen) atoms. The van der Waals surface area contributed by atoms with Crippen LogP contribution in [-0.4, -0.2) is 37.6 Å². The second-order valence-corrected chi connectivity index (χ2v) is 7.29. The highest BCUT2D eigenvalue weighted by Gasteiger charge is 2.16. The number of nitrogens with one attached hydrogen (secondary N) is 3. The van der Waals surface area contributed by atoms with Crippen LogP contribution in [0.15, 0.2) is 42.5 Å². The molecule has 1 unspecified atom stereocenters. The molecule has 2 amide bonds. The van der Waals surface area contributed by atoms with E-state index in [-0.39, 0.29) is 24.5 Å². The van der Waals surface area contributed by atoms with Crippen molar-refractivity contribution in [3.05, 3.63) is 58.1 Å². The third-order valence-electron chi connectivity index (χ3n) is 4.32. The molecule has 2 aromatic rings. The van der Waals surface area contributed by atoms with Gasteiger partial charge in [0.15, 0.2) is 0 Å². The Labute approximate surface area is 173 Å². The van der Waals surface area contributed by atoms with E-state index >= 15 is 0 Å². The molecular formula is C20H21Cl2N3O3. The first-order valence-electron chi connectivity index (χ1n) is 9.00. The zero-order valence-corrected chi connectivity index (χ0v) is 16.6. The summed E-state index contributed by atoms with van der Waals surface area (Å²) >= 11 is 11.9. The van der Waals surface area contributed by atoms with E-state index in [2.05, 4.69) is 16.0 Å². The first-order valence-corrected chi connectivity index (χ1v) is 9.75. The first kappa shape index (κ1) is 20.5. The molecule has 3 rings (SSSR count). The number of carbonyl (C=O) groups excluding carboxylic acids is 2. The highest BCUT2D eigenvalue weighted by molar-refractivity contribution is 6.36. The molecule has 148 valence electrons. The average Bonchev–Trinajstić information content (AvgIpc) is 3.21. The molecule has 1 heterocycles. The van der Waals surface area contributed by atoms with E-state index in [0.29, 0.717) is 27.8 Å². The molecule has 8 heteroatoms. The van der Waals surface area contributed by atoms with Crippen LogP contribution in [0.25, 0.3) is 0 Å². The van der Waals surface area contributed by atoms with Crippen LogP contribution in [0.1, 0.15) is 23.2 Å². The SMILES string of the molecule is O=C(CNc1ccc(C(=O)NCC2CCCO2)cc1)Nc1ccc(Cl)cc1Cl. The van der Waals surface area contributed by atoms with Crippen molar-refractivity contribution in [3.63, 3.8) is 0 Å². The number of hydrogen-bond donors (Lipinski definition) is 3. The van der Waals surface area contributed by atoms with Gasteiger partial charge in [-0.1, -0.05) is 23.2 Å². The summed E-state index contributed by atoms with van der Waals surface area (Å²) in [6.45, 7) is 1.34. The van der Waals surface area contributed by atoms with Gasteiger partial charge in [-0.15, -0.1) is 0 Å². The van der Waals surface area contributed by atoms with Crippen LogP contribution in [0.3, 0.4) is 0 Å². The number of hydrogen-bond acceptors (Lipinski definition) is 4. The molecule has 2 aromatic carbocycles. The summed E-state index contributed by atoms with van der Waals surface area (Å²) in [5, 5.41) is 9.47. The van der Waals surface area contributed by atoms with Crippen molar-refractivity contribution < 1.29 is 14.3 Å². The minimum Gasteiger partial charge on any atom is -0.376 e. The fourth-order valence-electron chi connectivity index (χ4n) is 2.82. The predicted molar refractivity (Wildman–Crippen MR) is 111 cm³/mol. The lowest BCUT2D eigenvalue weighted by Gasteiger charge is -2.12. The van der Waals surface area contributed by atoms with E-state index in [0.717, 1.165) is 25.1 Å². The summed E-state index contributed by atoms with van der Waals surface area (Å²) in [4.78, 5) is 24.2. The second-order valence-electron chi connectivity index (χ2n) is 6.45. The van der Waals surface area contributed by atoms with Gasteiger partial charge in [0, 0.05) is 29.4 Å². The van der Waals surface area contributed by atoms with Crippen LogP contribution < -0.4 is 16.0 Å². The van der Waals surface area contributed by atoms with Gasteiger partial charge in [-0.05, 0) is 55.3 Å². The Hall–Kier alpha value is -2.28. The van der Waals surface area contributed by atoms with Gasteiger partial charge in [-0.2, -0.15) is 0 Å². The van der Waals surface area contributed by atoms with Crippen molar-refractivity contribution in [2.45, 2.75) is 18.9 Å². The Kier molecular flexibility index (Phi) is 7.14. The molecule has 1 saturated heterocycles. The third kappa shape index (κ3) is 5.86. The number of rotatable bonds is 7. The van der Waals surface area contributed by atoms with Crippen molar-refractivity contribution in [1.82, 2.24) is 5.32 Å². The normalized spacial score (nSPS) is 15.9. The lowest BCUT2D eigenvalue weighted by Crippen LogP contribution is -2.31. The zero-order chi connectivity index (χ0) is 19.9. The van der Waals surface area contributed by atoms with Gasteiger partial charge in [0.25, 0.3) is 5.91 Å². The van der Waals surface area contributed by atoms with Crippen LogP contribution in [0.2, 0.25) is 10.0 Å². The largest absolute Gasteiger partial charge is 0.376 e. The molecule has 0 aromatic heterocycles. The number of anilines is 2. The summed E-state index contributed by atoms with van der Waals surface area (Å²) in [7, 11) is 0. The topological polar surface area (TPSA) is 79.5 Å². The summed E-state index contributed by atoms with van der Waals surface area (Å²) in [5.41, 5.74) is 1.78. The van der Waals surface area contributed by atoms with E-state index in [9.17, 15) is 9.59 Å². The smallest absolute Gasteiger partial charge is 0.251 e. The minimum absolute atomic E-state index is 0.0590. The van der Waals surface area contributed by atoms with Crippen molar-refractivity contribution in [3.8, 4) is 0 Å². The van der Waals surface area contributed by atoms with Crippen LogP contribution in [-0.2, 0) is 9.53 Å². The summed E-state index contributed by atoms with van der Waals surface area (Å²) < 4.78 is 5.49. The molecule has 1 atom stereocenters. The lowest BCUT2D eigenvalue weighted by atomic mass is 10.2. The number of benzene rings is 2. The molecule has 1 aliphatic rings. The highest BCUT2D eigenvalue weighted by Crippen LogP contribution is 2.25. The van der Waals surface area contributed by atoms with E-state index in [4.69, 9.17) is 27.9 Å². The Balaban J connectivity index is 1.45. The summed E-state index contributed by atoms with van der Waals surface area (Å²) in [6, 6.07) is 11.8. The molecule has 0 aliphatic carbocycles. The Morgan fingerprint density at radius 3 is 2.57 bits per heavy atom. The molecule has 0 spiro atoms. The van der Waals surface area contributed by atoms with Gasteiger partial charge >= 0.3 is 0 Å². The van der Waals surface area contributed by atoms with Crippen LogP contribution >= 0.6 is 23.2 Å². The monoisotopic (exact) mass is 421 g/mol. The van der Waals surface area contributed by atoms with E-state index in [1.54, 1.807) is 42.5 Å². The predicted octanol–water partition coefficient (Wildman–Crippen LogP) is 3.95. The molecule has 0 bridgehead atoms. The Morgan fingerprint density at radius 1 is 1.11 bits per heavy atom. The second kappa shape index (κ2) is 9.78. The Bertz CT molecular complexity index is 837. The van der Waals surface area contributed by atoms with Gasteiger partial charge in [0.2, 0.25) is 5.91 Å². The van der Waals surface area contributed by atoms with Crippen molar-refractivity contribution >= 4 is 46.4 Å². The molecule has 1 fully saturated rings. The van der Waals surface area contributed by atoms with E-state index in [1.165, 1.54) is 0 Å². The van der Waals surface area contributed by atoms with Crippen molar-refractivity contribution in [2.24, 2.45) is 0 Å². The van der Waals surface area contributed by atoms with Crippen LogP contribution in [0, 0.1) is 0 Å². The number of ether oxygens (including phenoxy) is 1. The quantitative estimate of drug-likeness (QED) is 0.631. The van der Waals surface area contributed by atoms with Crippen LogP contribution in [0.5, 0.6) is 0 Å². The average molecular weight is 422 g/mol. The van der Waals surface area contributed by atoms with Gasteiger partial charge in [-0.3, -0.25) is 9.59 Å². The minimum atomic E-state index is -0.248. The van der Waals surface area contributed by atoms with E-state index in [1.807, 2.05) is 0 Å². The van der Waals surface area contributed by atoms with Gasteiger partial charge in [0.1, 0.15) is 0 Å². The molecular weight excluding hydrogens is 401 g/mol. The molecule has 0 radical (unpaired) electrons. The highest BCUT2D eigenvalue weighted by atomic mass is 35.5.